The molecule has 116 valence electrons. The third kappa shape index (κ3) is 5.38. The van der Waals surface area contributed by atoms with E-state index in [4.69, 9.17) is 10.4 Å². The van der Waals surface area contributed by atoms with Gasteiger partial charge in [-0.15, -0.1) is 12.4 Å². The third-order valence-corrected chi connectivity index (χ3v) is 4.07. The molecule has 0 radical (unpaired) electrons. The van der Waals surface area contributed by atoms with Crippen molar-refractivity contribution in [3.05, 3.63) is 0 Å². The average molecular weight is 305 g/mol. The molecule has 4 aliphatic rings. The topological polar surface area (TPSA) is 95.9 Å². The molecule has 0 amide bonds. The zero-order valence-corrected chi connectivity index (χ0v) is 12.5. The molecule has 20 heavy (non-hydrogen) atoms. The van der Waals surface area contributed by atoms with Gasteiger partial charge in [0.25, 0.3) is 0 Å². The Kier molecular flexibility index (Phi) is 6.92. The van der Waals surface area contributed by atoms with Crippen LogP contribution in [0.1, 0.15) is 51.4 Å². The summed E-state index contributed by atoms with van der Waals surface area (Å²) in [6.07, 6.45) is 9.80. The summed E-state index contributed by atoms with van der Waals surface area (Å²) in [5, 5.41) is 18.4. The number of hydrogen-bond acceptors (Lipinski definition) is 5. The molecule has 4 rings (SSSR count). The molecule has 0 aliphatic heterocycles. The first-order chi connectivity index (χ1) is 9.29. The Balaban J connectivity index is 0.000000171. The maximum Gasteiger partial charge on any atom is 0.139 e. The smallest absolute Gasteiger partial charge is 0.139 e. The molecule has 4 fully saturated rings. The van der Waals surface area contributed by atoms with Gasteiger partial charge in [0, 0.05) is 23.7 Å². The van der Waals surface area contributed by atoms with Gasteiger partial charge in [-0.2, -0.15) is 0 Å². The fraction of sp³-hybridized carbons (Fsp3) is 0.857. The summed E-state index contributed by atoms with van der Waals surface area (Å²) in [6, 6.07) is 0. The third-order valence-electron chi connectivity index (χ3n) is 4.07. The van der Waals surface area contributed by atoms with E-state index in [9.17, 15) is 4.79 Å². The zero-order valence-electron chi connectivity index (χ0n) is 11.7. The van der Waals surface area contributed by atoms with E-state index in [-0.39, 0.29) is 12.4 Å². The van der Waals surface area contributed by atoms with Crippen molar-refractivity contribution in [2.45, 2.75) is 51.4 Å². The van der Waals surface area contributed by atoms with E-state index in [1.807, 2.05) is 0 Å². The van der Waals surface area contributed by atoms with Crippen molar-refractivity contribution < 1.29 is 15.2 Å². The normalized spacial score (nSPS) is 23.1. The minimum atomic E-state index is 0. The van der Waals surface area contributed by atoms with Crippen LogP contribution >= 0.6 is 12.4 Å². The molecule has 0 unspecified atom stereocenters. The Morgan fingerprint density at radius 1 is 0.800 bits per heavy atom. The molecular formula is C14H25ClN2O3. The Bertz CT molecular complexity index is 318. The second kappa shape index (κ2) is 7.96. The summed E-state index contributed by atoms with van der Waals surface area (Å²) in [6.45, 7) is 0. The highest BCUT2D eigenvalue weighted by Crippen LogP contribution is 2.42. The van der Waals surface area contributed by atoms with E-state index >= 15 is 0 Å². The lowest BCUT2D eigenvalue weighted by Gasteiger charge is -1.94. The van der Waals surface area contributed by atoms with Gasteiger partial charge in [0.05, 0.1) is 5.71 Å². The van der Waals surface area contributed by atoms with Crippen molar-refractivity contribution in [3.63, 3.8) is 0 Å². The number of carbonyl (C=O) groups excluding carboxylic acids is 1. The summed E-state index contributed by atoms with van der Waals surface area (Å²) in [7, 11) is 0. The first-order valence-electron chi connectivity index (χ1n) is 7.31. The molecule has 0 aromatic heterocycles. The van der Waals surface area contributed by atoms with Gasteiger partial charge in [0.1, 0.15) is 5.78 Å². The van der Waals surface area contributed by atoms with Crippen molar-refractivity contribution in [3.8, 4) is 0 Å². The lowest BCUT2D eigenvalue weighted by Crippen LogP contribution is -2.02. The number of ketones is 1. The maximum absolute atomic E-state index is 11.0. The highest BCUT2D eigenvalue weighted by molar-refractivity contribution is 5.92. The van der Waals surface area contributed by atoms with Crippen LogP contribution in [0.3, 0.4) is 0 Å². The molecule has 5 nitrogen and oxygen atoms in total. The van der Waals surface area contributed by atoms with Crippen LogP contribution in [-0.2, 0) is 4.79 Å². The predicted molar refractivity (Wildman–Crippen MR) is 78.3 cm³/mol. The van der Waals surface area contributed by atoms with Crippen LogP contribution in [0.25, 0.3) is 0 Å². The van der Waals surface area contributed by atoms with Gasteiger partial charge in [0.15, 0.2) is 0 Å². The first-order valence-corrected chi connectivity index (χ1v) is 7.31. The summed E-state index contributed by atoms with van der Waals surface area (Å²) in [5.74, 6) is 6.44. The summed E-state index contributed by atoms with van der Waals surface area (Å²) in [5.41, 5.74) is 1.09. The number of hydrogen-bond donors (Lipinski definition) is 3. The molecule has 4 N–H and O–H groups in total. The molecule has 0 aromatic carbocycles. The second-order valence-corrected chi connectivity index (χ2v) is 6.02. The van der Waals surface area contributed by atoms with E-state index < -0.39 is 0 Å². The molecular weight excluding hydrogens is 280 g/mol. The number of nitrogens with two attached hydrogens (primary N) is 1. The van der Waals surface area contributed by atoms with Crippen LogP contribution in [0.5, 0.6) is 0 Å². The molecule has 4 aliphatic carbocycles. The molecule has 0 heterocycles. The fourth-order valence-corrected chi connectivity index (χ4v) is 2.32. The molecule has 0 spiro atoms. The van der Waals surface area contributed by atoms with E-state index in [2.05, 4.69) is 11.1 Å². The highest BCUT2D eigenvalue weighted by Gasteiger charge is 2.39. The average Bonchev–Trinajstić information content (AvgIpc) is 3.34. The van der Waals surface area contributed by atoms with Crippen LogP contribution in [-0.4, -0.2) is 21.9 Å². The first kappa shape index (κ1) is 17.4. The summed E-state index contributed by atoms with van der Waals surface area (Å²) < 4.78 is 0. The van der Waals surface area contributed by atoms with Crippen LogP contribution in [0.15, 0.2) is 5.16 Å². The Hall–Kier alpha value is -0.650. The van der Waals surface area contributed by atoms with Gasteiger partial charge in [-0.3, -0.25) is 4.79 Å². The predicted octanol–water partition coefficient (Wildman–Crippen LogP) is 2.77. The van der Waals surface area contributed by atoms with Crippen LogP contribution < -0.4 is 5.90 Å². The molecule has 0 aromatic rings. The summed E-state index contributed by atoms with van der Waals surface area (Å²) >= 11 is 0. The van der Waals surface area contributed by atoms with Crippen LogP contribution in [0.2, 0.25) is 0 Å². The fourth-order valence-electron chi connectivity index (χ4n) is 2.32. The summed E-state index contributed by atoms with van der Waals surface area (Å²) in [4.78, 5) is 11.0. The van der Waals surface area contributed by atoms with E-state index in [1.165, 1.54) is 51.4 Å². The number of halogens is 1. The Morgan fingerprint density at radius 2 is 1.10 bits per heavy atom. The van der Waals surface area contributed by atoms with Gasteiger partial charge < -0.3 is 10.4 Å². The molecule has 0 bridgehead atoms. The minimum Gasteiger partial charge on any atom is -0.411 e. The quantitative estimate of drug-likeness (QED) is 0.423. The lowest BCUT2D eigenvalue weighted by atomic mass is 10.2. The number of nitrogens with zero attached hydrogens (tertiary/aromatic N) is 1. The van der Waals surface area contributed by atoms with Crippen molar-refractivity contribution in [1.29, 1.82) is 0 Å². The maximum atomic E-state index is 11.0. The number of oxime groups is 1. The van der Waals surface area contributed by atoms with Gasteiger partial charge in [0.2, 0.25) is 0 Å². The van der Waals surface area contributed by atoms with Crippen LogP contribution in [0.4, 0.5) is 0 Å². The molecule has 6 heteroatoms. The SMILES string of the molecule is Cl.NO.O=C(C1CC1)C1CC1.ON=C(C1CC1)C1CC1. The van der Waals surface area contributed by atoms with E-state index in [0.29, 0.717) is 29.5 Å². The Morgan fingerprint density at radius 3 is 1.30 bits per heavy atom. The number of rotatable bonds is 4. The standard InChI is InChI=1S/C7H11NO.C7H10O.ClH.H3NO/c9-8-7(5-1-2-5)6-3-4-6;8-7(5-1-2-5)6-3-4-6;;1-2/h5-6,9H,1-4H2;5-6H,1-4H2;1H;2H,1H2. The number of carbonyl (C=O) groups is 1. The molecule has 0 saturated heterocycles. The van der Waals surface area contributed by atoms with Crippen molar-refractivity contribution >= 4 is 23.9 Å². The van der Waals surface area contributed by atoms with Gasteiger partial charge in [-0.1, -0.05) is 5.16 Å². The van der Waals surface area contributed by atoms with E-state index in [0.717, 1.165) is 5.71 Å². The molecule has 4 saturated carbocycles. The monoisotopic (exact) mass is 304 g/mol. The lowest BCUT2D eigenvalue weighted by molar-refractivity contribution is -0.121. The molecule has 0 atom stereocenters. The minimum absolute atomic E-state index is 0. The van der Waals surface area contributed by atoms with Crippen molar-refractivity contribution in [2.24, 2.45) is 34.7 Å². The van der Waals surface area contributed by atoms with Crippen LogP contribution in [0, 0.1) is 23.7 Å². The van der Waals surface area contributed by atoms with E-state index in [1.54, 1.807) is 0 Å². The van der Waals surface area contributed by atoms with Gasteiger partial charge in [-0.25, -0.2) is 5.90 Å². The second-order valence-electron chi connectivity index (χ2n) is 6.02. The largest absolute Gasteiger partial charge is 0.411 e. The van der Waals surface area contributed by atoms with Gasteiger partial charge >= 0.3 is 0 Å². The zero-order chi connectivity index (χ0) is 13.8. The Labute approximate surface area is 126 Å². The van der Waals surface area contributed by atoms with Crippen molar-refractivity contribution in [2.75, 3.05) is 0 Å². The number of Topliss-reactive ketones (excluding diaryl/α,β-unsaturated/α-hetero) is 1. The van der Waals surface area contributed by atoms with Gasteiger partial charge in [-0.05, 0) is 51.4 Å². The van der Waals surface area contributed by atoms with Crippen molar-refractivity contribution in [1.82, 2.24) is 0 Å². The highest BCUT2D eigenvalue weighted by atomic mass is 35.5.